The summed E-state index contributed by atoms with van der Waals surface area (Å²) < 4.78 is 1.98. The Balaban J connectivity index is 1.93. The van der Waals surface area contributed by atoms with Crippen molar-refractivity contribution in [3.05, 3.63) is 59.4 Å². The number of aliphatic hydroxyl groups excluding tert-OH is 1. The SMILES string of the molecule is Cc1cc2ncn(CC(O)c3cccc(N)c3)c2cc1C. The quantitative estimate of drug-likeness (QED) is 0.725. The van der Waals surface area contributed by atoms with Gasteiger partial charge in [-0.2, -0.15) is 0 Å². The van der Waals surface area contributed by atoms with Crippen molar-refractivity contribution in [2.24, 2.45) is 0 Å². The van der Waals surface area contributed by atoms with Gasteiger partial charge in [0.05, 0.1) is 30.0 Å². The molecular weight excluding hydrogens is 262 g/mol. The summed E-state index contributed by atoms with van der Waals surface area (Å²) in [4.78, 5) is 4.41. The number of hydrogen-bond acceptors (Lipinski definition) is 3. The highest BCUT2D eigenvalue weighted by molar-refractivity contribution is 5.77. The van der Waals surface area contributed by atoms with E-state index in [9.17, 15) is 5.11 Å². The molecule has 0 spiro atoms. The van der Waals surface area contributed by atoms with Gasteiger partial charge >= 0.3 is 0 Å². The van der Waals surface area contributed by atoms with E-state index in [1.54, 1.807) is 12.4 Å². The molecule has 0 aliphatic heterocycles. The molecule has 0 radical (unpaired) electrons. The van der Waals surface area contributed by atoms with Gasteiger partial charge in [-0.3, -0.25) is 0 Å². The second-order valence-corrected chi connectivity index (χ2v) is 5.51. The third-order valence-electron chi connectivity index (χ3n) is 3.90. The average molecular weight is 281 g/mol. The zero-order valence-electron chi connectivity index (χ0n) is 12.2. The molecule has 3 aromatic rings. The highest BCUT2D eigenvalue weighted by Gasteiger charge is 2.11. The van der Waals surface area contributed by atoms with Gasteiger partial charge < -0.3 is 15.4 Å². The fourth-order valence-corrected chi connectivity index (χ4v) is 2.52. The number of hydrogen-bond donors (Lipinski definition) is 2. The standard InChI is InChI=1S/C17H19N3O/c1-11-6-15-16(7-12(11)2)20(10-19-15)9-17(21)13-4-3-5-14(18)8-13/h3-8,10,17,21H,9,18H2,1-2H3. The van der Waals surface area contributed by atoms with Crippen LogP contribution in [0.3, 0.4) is 0 Å². The summed E-state index contributed by atoms with van der Waals surface area (Å²) in [5.41, 5.74) is 11.7. The number of fused-ring (bicyclic) bond motifs is 1. The van der Waals surface area contributed by atoms with Crippen LogP contribution in [0.15, 0.2) is 42.7 Å². The van der Waals surface area contributed by atoms with E-state index >= 15 is 0 Å². The Kier molecular flexibility index (Phi) is 3.39. The van der Waals surface area contributed by atoms with Crippen LogP contribution in [0, 0.1) is 13.8 Å². The van der Waals surface area contributed by atoms with Crippen LogP contribution in [0.2, 0.25) is 0 Å². The van der Waals surface area contributed by atoms with E-state index in [4.69, 9.17) is 5.73 Å². The molecule has 4 heteroatoms. The van der Waals surface area contributed by atoms with Gasteiger partial charge in [0.25, 0.3) is 0 Å². The van der Waals surface area contributed by atoms with Gasteiger partial charge in [0.1, 0.15) is 0 Å². The molecule has 2 aromatic carbocycles. The van der Waals surface area contributed by atoms with Crippen molar-refractivity contribution >= 4 is 16.7 Å². The summed E-state index contributed by atoms with van der Waals surface area (Å²) in [5, 5.41) is 10.4. The van der Waals surface area contributed by atoms with Crippen LogP contribution in [-0.4, -0.2) is 14.7 Å². The average Bonchev–Trinajstić information content (AvgIpc) is 2.82. The topological polar surface area (TPSA) is 64.1 Å². The Morgan fingerprint density at radius 2 is 1.95 bits per heavy atom. The first-order chi connectivity index (χ1) is 10.0. The van der Waals surface area contributed by atoms with Gasteiger partial charge in [0, 0.05) is 5.69 Å². The van der Waals surface area contributed by atoms with Crippen LogP contribution in [0.25, 0.3) is 11.0 Å². The Bertz CT molecular complexity index is 792. The number of aliphatic hydroxyl groups is 1. The maximum Gasteiger partial charge on any atom is 0.0970 e. The minimum atomic E-state index is -0.604. The molecule has 1 aromatic heterocycles. The molecule has 1 heterocycles. The van der Waals surface area contributed by atoms with E-state index < -0.39 is 6.10 Å². The summed E-state index contributed by atoms with van der Waals surface area (Å²) >= 11 is 0. The number of aryl methyl sites for hydroxylation is 2. The van der Waals surface area contributed by atoms with Crippen molar-refractivity contribution in [1.29, 1.82) is 0 Å². The molecule has 0 fully saturated rings. The second-order valence-electron chi connectivity index (χ2n) is 5.51. The lowest BCUT2D eigenvalue weighted by Gasteiger charge is -2.13. The van der Waals surface area contributed by atoms with Gasteiger partial charge in [-0.1, -0.05) is 12.1 Å². The summed E-state index contributed by atoms with van der Waals surface area (Å²) in [6, 6.07) is 11.6. The Morgan fingerprint density at radius 1 is 1.19 bits per heavy atom. The van der Waals surface area contributed by atoms with Crippen LogP contribution in [-0.2, 0) is 6.54 Å². The molecule has 1 atom stereocenters. The molecule has 0 saturated carbocycles. The highest BCUT2D eigenvalue weighted by Crippen LogP contribution is 2.22. The lowest BCUT2D eigenvalue weighted by molar-refractivity contribution is 0.158. The smallest absolute Gasteiger partial charge is 0.0970 e. The highest BCUT2D eigenvalue weighted by atomic mass is 16.3. The number of nitrogen functional groups attached to an aromatic ring is 1. The summed E-state index contributed by atoms with van der Waals surface area (Å²) in [7, 11) is 0. The van der Waals surface area contributed by atoms with E-state index in [1.807, 2.05) is 22.8 Å². The maximum absolute atomic E-state index is 10.4. The lowest BCUT2D eigenvalue weighted by Crippen LogP contribution is -2.08. The van der Waals surface area contributed by atoms with Gasteiger partial charge in [0.2, 0.25) is 0 Å². The number of benzene rings is 2. The first-order valence-corrected chi connectivity index (χ1v) is 7.00. The number of aromatic nitrogens is 2. The van der Waals surface area contributed by atoms with E-state index in [0.29, 0.717) is 12.2 Å². The lowest BCUT2D eigenvalue weighted by atomic mass is 10.1. The monoisotopic (exact) mass is 281 g/mol. The second kappa shape index (κ2) is 5.22. The Morgan fingerprint density at radius 3 is 2.71 bits per heavy atom. The first-order valence-electron chi connectivity index (χ1n) is 7.00. The predicted octanol–water partition coefficient (Wildman–Crippen LogP) is 2.97. The van der Waals surface area contributed by atoms with Gasteiger partial charge in [-0.05, 0) is 54.8 Å². The predicted molar refractivity (Wildman–Crippen MR) is 85.0 cm³/mol. The molecule has 0 saturated heterocycles. The number of anilines is 1. The van der Waals surface area contributed by atoms with Crippen molar-refractivity contribution in [3.8, 4) is 0 Å². The largest absolute Gasteiger partial charge is 0.399 e. The zero-order valence-corrected chi connectivity index (χ0v) is 12.2. The van der Waals surface area contributed by atoms with Crippen LogP contribution in [0.1, 0.15) is 22.8 Å². The van der Waals surface area contributed by atoms with Crippen molar-refractivity contribution in [1.82, 2.24) is 9.55 Å². The van der Waals surface area contributed by atoms with Crippen molar-refractivity contribution in [2.75, 3.05) is 5.73 Å². The molecule has 3 N–H and O–H groups in total. The van der Waals surface area contributed by atoms with Crippen LogP contribution in [0.4, 0.5) is 5.69 Å². The van der Waals surface area contributed by atoms with Crippen LogP contribution in [0.5, 0.6) is 0 Å². The number of nitrogens with zero attached hydrogens (tertiary/aromatic N) is 2. The molecule has 4 nitrogen and oxygen atoms in total. The molecule has 0 aliphatic rings. The summed E-state index contributed by atoms with van der Waals surface area (Å²) in [6.07, 6.45) is 1.17. The number of rotatable bonds is 3. The maximum atomic E-state index is 10.4. The molecule has 0 amide bonds. The number of imidazole rings is 1. The molecule has 3 rings (SSSR count). The van der Waals surface area contributed by atoms with Gasteiger partial charge in [0.15, 0.2) is 0 Å². The van der Waals surface area contributed by atoms with E-state index in [-0.39, 0.29) is 0 Å². The molecule has 1 unspecified atom stereocenters. The summed E-state index contributed by atoms with van der Waals surface area (Å²) in [5.74, 6) is 0. The molecule has 108 valence electrons. The Hall–Kier alpha value is -2.33. The van der Waals surface area contributed by atoms with Crippen LogP contribution >= 0.6 is 0 Å². The van der Waals surface area contributed by atoms with Crippen molar-refractivity contribution < 1.29 is 5.11 Å². The minimum Gasteiger partial charge on any atom is -0.399 e. The Labute approximate surface area is 123 Å². The van der Waals surface area contributed by atoms with Crippen LogP contribution < -0.4 is 5.73 Å². The molecule has 21 heavy (non-hydrogen) atoms. The number of nitrogens with two attached hydrogens (primary N) is 1. The van der Waals surface area contributed by atoms with E-state index in [1.165, 1.54) is 11.1 Å². The van der Waals surface area contributed by atoms with E-state index in [2.05, 4.69) is 31.0 Å². The first kappa shape index (κ1) is 13.6. The molecular formula is C17H19N3O. The normalized spacial score (nSPS) is 12.7. The fraction of sp³-hybridized carbons (Fsp3) is 0.235. The van der Waals surface area contributed by atoms with Crippen molar-refractivity contribution in [3.63, 3.8) is 0 Å². The van der Waals surface area contributed by atoms with E-state index in [0.717, 1.165) is 16.6 Å². The third kappa shape index (κ3) is 2.62. The fourth-order valence-electron chi connectivity index (χ4n) is 2.52. The zero-order chi connectivity index (χ0) is 15.0. The van der Waals surface area contributed by atoms with Crippen molar-refractivity contribution in [2.45, 2.75) is 26.5 Å². The third-order valence-corrected chi connectivity index (χ3v) is 3.90. The molecule has 0 bridgehead atoms. The summed E-state index contributed by atoms with van der Waals surface area (Å²) in [6.45, 7) is 4.62. The molecule has 0 aliphatic carbocycles. The minimum absolute atomic E-state index is 0.461. The van der Waals surface area contributed by atoms with Gasteiger partial charge in [-0.25, -0.2) is 4.98 Å². The van der Waals surface area contributed by atoms with Gasteiger partial charge in [-0.15, -0.1) is 0 Å².